The van der Waals surface area contributed by atoms with E-state index in [1.165, 1.54) is 12.1 Å². The van der Waals surface area contributed by atoms with E-state index in [-0.39, 0.29) is 28.6 Å². The number of aromatic carboxylic acids is 1. The molecule has 5 N–H and O–H groups in total. The fraction of sp³-hybridized carbons (Fsp3) is 0.120. The van der Waals surface area contributed by atoms with Crippen LogP contribution in [0.5, 0.6) is 0 Å². The minimum Gasteiger partial charge on any atom is -0.478 e. The first-order valence-electron chi connectivity index (χ1n) is 10.2. The number of carboxylic acids is 1. The molecule has 0 aliphatic carbocycles. The predicted octanol–water partition coefficient (Wildman–Crippen LogP) is 4.61. The zero-order valence-corrected chi connectivity index (χ0v) is 18.0. The number of nitrogen functional groups attached to an aromatic ring is 1. The van der Waals surface area contributed by atoms with E-state index in [0.717, 1.165) is 11.8 Å². The minimum absolute atomic E-state index is 0.148. The van der Waals surface area contributed by atoms with E-state index in [4.69, 9.17) is 15.6 Å². The maximum absolute atomic E-state index is 13.0. The quantitative estimate of drug-likeness (QED) is 0.319. The number of anilines is 2. The molecule has 2 aromatic heterocycles. The fourth-order valence-electron chi connectivity index (χ4n) is 3.73. The number of hydrogen-bond donors (Lipinski definition) is 4. The zero-order chi connectivity index (χ0) is 23.7. The van der Waals surface area contributed by atoms with Gasteiger partial charge in [0.25, 0.3) is 0 Å². The molecule has 33 heavy (non-hydrogen) atoms. The second-order valence-electron chi connectivity index (χ2n) is 7.74. The summed E-state index contributed by atoms with van der Waals surface area (Å²) in [5.74, 6) is -0.626. The molecule has 1 atom stereocenters. The van der Waals surface area contributed by atoms with Gasteiger partial charge in [0.15, 0.2) is 11.2 Å². The van der Waals surface area contributed by atoms with Gasteiger partial charge in [0.2, 0.25) is 0 Å². The third kappa shape index (κ3) is 4.18. The van der Waals surface area contributed by atoms with E-state index in [2.05, 4.69) is 10.3 Å². The molecule has 0 saturated carbocycles. The molecule has 0 aliphatic rings. The molecule has 1 unspecified atom stereocenters. The summed E-state index contributed by atoms with van der Waals surface area (Å²) >= 11 is 0. The van der Waals surface area contributed by atoms with Crippen LogP contribution in [-0.4, -0.2) is 22.3 Å². The first kappa shape index (κ1) is 21.8. The van der Waals surface area contributed by atoms with Crippen molar-refractivity contribution < 1.29 is 14.3 Å². The van der Waals surface area contributed by atoms with Crippen LogP contribution >= 0.6 is 0 Å². The molecule has 8 nitrogen and oxygen atoms in total. The predicted molar refractivity (Wildman–Crippen MR) is 128 cm³/mol. The molecule has 2 heterocycles. The lowest BCUT2D eigenvalue weighted by Gasteiger charge is -2.19. The third-order valence-electron chi connectivity index (χ3n) is 5.36. The molecule has 2 aromatic carbocycles. The number of nitrogens with zero attached hydrogens (tertiary/aromatic N) is 1. The van der Waals surface area contributed by atoms with E-state index >= 15 is 0 Å². The Morgan fingerprint density at radius 1 is 1.21 bits per heavy atom. The van der Waals surface area contributed by atoms with Gasteiger partial charge in [-0.3, -0.25) is 4.79 Å². The van der Waals surface area contributed by atoms with Crippen molar-refractivity contribution in [2.45, 2.75) is 19.9 Å². The number of benzene rings is 2. The number of carbonyl (C=O) groups is 1. The van der Waals surface area contributed by atoms with E-state index in [1.807, 2.05) is 19.9 Å². The smallest absolute Gasteiger partial charge is 0.337 e. The fourth-order valence-corrected chi connectivity index (χ4v) is 3.73. The summed E-state index contributed by atoms with van der Waals surface area (Å²) in [4.78, 5) is 28.8. The number of hydrogen-bond acceptors (Lipinski definition) is 7. The summed E-state index contributed by atoms with van der Waals surface area (Å²) in [6.45, 7) is 3.75. The molecule has 4 rings (SSSR count). The number of fused-ring (bicyclic) bond motifs is 1. The Kier molecular flexibility index (Phi) is 5.66. The van der Waals surface area contributed by atoms with Gasteiger partial charge in [-0.2, -0.15) is 0 Å². The molecule has 8 heteroatoms. The van der Waals surface area contributed by atoms with Gasteiger partial charge in [-0.05, 0) is 49.7 Å². The van der Waals surface area contributed by atoms with Crippen molar-refractivity contribution in [3.8, 4) is 11.5 Å². The van der Waals surface area contributed by atoms with Crippen LogP contribution in [0.3, 0.4) is 0 Å². The van der Waals surface area contributed by atoms with Crippen LogP contribution in [-0.2, 0) is 0 Å². The van der Waals surface area contributed by atoms with E-state index < -0.39 is 5.97 Å². The molecule has 0 saturated heterocycles. The number of nitrogens with two attached hydrogens (primary N) is 1. The van der Waals surface area contributed by atoms with Crippen LogP contribution in [0.1, 0.15) is 40.0 Å². The van der Waals surface area contributed by atoms with E-state index in [1.54, 1.807) is 36.4 Å². The highest BCUT2D eigenvalue weighted by molar-refractivity contribution is 5.94. The molecule has 0 amide bonds. The van der Waals surface area contributed by atoms with Gasteiger partial charge in [0.1, 0.15) is 17.1 Å². The Labute approximate surface area is 189 Å². The minimum atomic E-state index is -1.04. The Morgan fingerprint density at radius 2 is 1.97 bits per heavy atom. The lowest BCUT2D eigenvalue weighted by Crippen LogP contribution is -2.12. The first-order chi connectivity index (χ1) is 15.8. The highest BCUT2D eigenvalue weighted by Crippen LogP contribution is 2.31. The highest BCUT2D eigenvalue weighted by atomic mass is 16.4. The van der Waals surface area contributed by atoms with Gasteiger partial charge in [0, 0.05) is 29.1 Å². The van der Waals surface area contributed by atoms with Crippen LogP contribution in [0.25, 0.3) is 22.4 Å². The number of carboxylic acid groups (broad SMARTS) is 1. The van der Waals surface area contributed by atoms with Crippen molar-refractivity contribution in [3.05, 3.63) is 87.1 Å². The first-order valence-corrected chi connectivity index (χ1v) is 10.2. The molecule has 0 bridgehead atoms. The average molecular weight is 442 g/mol. The van der Waals surface area contributed by atoms with Crippen molar-refractivity contribution in [1.82, 2.24) is 4.98 Å². The molecular weight excluding hydrogens is 420 g/mol. The molecule has 0 spiro atoms. The summed E-state index contributed by atoms with van der Waals surface area (Å²) < 4.78 is 6.15. The summed E-state index contributed by atoms with van der Waals surface area (Å²) in [6, 6.07) is 14.6. The number of para-hydroxylation sites is 1. The van der Waals surface area contributed by atoms with E-state index in [9.17, 15) is 14.7 Å². The topological polar surface area (TPSA) is 142 Å². The summed E-state index contributed by atoms with van der Waals surface area (Å²) in [5, 5.41) is 20.5. The molecule has 0 aliphatic heterocycles. The average Bonchev–Trinajstić information content (AvgIpc) is 2.79. The van der Waals surface area contributed by atoms with Gasteiger partial charge >= 0.3 is 5.97 Å². The monoisotopic (exact) mass is 442 g/mol. The summed E-state index contributed by atoms with van der Waals surface area (Å²) in [7, 11) is 0. The van der Waals surface area contributed by atoms with Crippen molar-refractivity contribution in [3.63, 3.8) is 0 Å². The van der Waals surface area contributed by atoms with Crippen LogP contribution in [0.4, 0.5) is 11.5 Å². The number of pyridine rings is 1. The van der Waals surface area contributed by atoms with Gasteiger partial charge in [-0.15, -0.1) is 0 Å². The van der Waals surface area contributed by atoms with Crippen molar-refractivity contribution >= 4 is 34.7 Å². The van der Waals surface area contributed by atoms with Crippen molar-refractivity contribution in [1.29, 1.82) is 5.41 Å². The zero-order valence-electron chi connectivity index (χ0n) is 18.0. The number of rotatable bonds is 6. The number of aromatic nitrogens is 1. The number of nitrogens with one attached hydrogen (secondary N) is 2. The maximum Gasteiger partial charge on any atom is 0.337 e. The molecule has 0 fully saturated rings. The number of aryl methyl sites for hydroxylation is 1. The Hall–Kier alpha value is -4.46. The standard InChI is InChI=1S/C25H22N4O4/c1-13-9-17(14(2)28-19-6-4-3-5-16(19)25(31)32)23-18(10-13)21(30)11-22(33-23)20-8-7-15(12-26)24(27)29-20/h3-12,14,26,28H,1-2H3,(H2,27,29)(H,31,32). The van der Waals surface area contributed by atoms with Crippen LogP contribution < -0.4 is 16.5 Å². The highest BCUT2D eigenvalue weighted by Gasteiger charge is 2.19. The van der Waals surface area contributed by atoms with E-state index in [0.29, 0.717) is 33.5 Å². The Morgan fingerprint density at radius 3 is 2.67 bits per heavy atom. The van der Waals surface area contributed by atoms with Crippen LogP contribution in [0.15, 0.2) is 63.8 Å². The molecule has 0 radical (unpaired) electrons. The van der Waals surface area contributed by atoms with Gasteiger partial charge < -0.3 is 26.0 Å². The van der Waals surface area contributed by atoms with Crippen molar-refractivity contribution in [2.75, 3.05) is 11.1 Å². The SMILES string of the molecule is Cc1cc(C(C)Nc2ccccc2C(=O)O)c2oc(-c3ccc(C=N)c(N)n3)cc(=O)c2c1. The van der Waals surface area contributed by atoms with Gasteiger partial charge in [-0.1, -0.05) is 18.2 Å². The molecule has 166 valence electrons. The second-order valence-corrected chi connectivity index (χ2v) is 7.74. The van der Waals surface area contributed by atoms with Crippen LogP contribution in [0, 0.1) is 12.3 Å². The lowest BCUT2D eigenvalue weighted by atomic mass is 10.0. The Bertz CT molecular complexity index is 1460. The van der Waals surface area contributed by atoms with Gasteiger partial charge in [-0.25, -0.2) is 9.78 Å². The van der Waals surface area contributed by atoms with Crippen LogP contribution in [0.2, 0.25) is 0 Å². The van der Waals surface area contributed by atoms with Crippen molar-refractivity contribution in [2.24, 2.45) is 0 Å². The largest absolute Gasteiger partial charge is 0.478 e. The molecule has 4 aromatic rings. The normalized spacial score (nSPS) is 11.8. The summed E-state index contributed by atoms with van der Waals surface area (Å²) in [5.41, 5.74) is 9.08. The second kappa shape index (κ2) is 8.58. The molecular formula is C25H22N4O4. The lowest BCUT2D eigenvalue weighted by molar-refractivity contribution is 0.0698. The Balaban J connectivity index is 1.85. The van der Waals surface area contributed by atoms with Gasteiger partial charge in [0.05, 0.1) is 17.0 Å². The summed E-state index contributed by atoms with van der Waals surface area (Å²) in [6.07, 6.45) is 1.10. The third-order valence-corrected chi connectivity index (χ3v) is 5.36. The maximum atomic E-state index is 13.0.